The molecule has 2 atom stereocenters. The van der Waals surface area contributed by atoms with Crippen LogP contribution < -0.4 is 5.73 Å². The highest BCUT2D eigenvalue weighted by molar-refractivity contribution is 5.26. The van der Waals surface area contributed by atoms with Crippen LogP contribution in [0.1, 0.15) is 36.5 Å². The molecular formula is C13H16F3NO. The van der Waals surface area contributed by atoms with Crippen LogP contribution in [0.15, 0.2) is 24.3 Å². The molecule has 1 aromatic rings. The van der Waals surface area contributed by atoms with Crippen LogP contribution in [0.5, 0.6) is 0 Å². The van der Waals surface area contributed by atoms with E-state index in [1.807, 2.05) is 0 Å². The third-order valence-electron chi connectivity index (χ3n) is 3.22. The lowest BCUT2D eigenvalue weighted by molar-refractivity contribution is -0.137. The molecule has 5 heteroatoms. The van der Waals surface area contributed by atoms with Crippen molar-refractivity contribution >= 4 is 0 Å². The fourth-order valence-corrected chi connectivity index (χ4v) is 2.20. The molecule has 0 amide bonds. The molecular weight excluding hydrogens is 243 g/mol. The van der Waals surface area contributed by atoms with Crippen molar-refractivity contribution in [1.82, 2.24) is 0 Å². The maximum Gasteiger partial charge on any atom is 0.416 e. The monoisotopic (exact) mass is 259 g/mol. The first kappa shape index (κ1) is 13.4. The van der Waals surface area contributed by atoms with Gasteiger partial charge in [-0.05, 0) is 37.0 Å². The lowest BCUT2D eigenvalue weighted by Gasteiger charge is -2.29. The maximum atomic E-state index is 12.4. The minimum atomic E-state index is -4.29. The van der Waals surface area contributed by atoms with Crippen molar-refractivity contribution in [1.29, 1.82) is 0 Å². The molecule has 0 radical (unpaired) electrons. The van der Waals surface area contributed by atoms with Crippen molar-refractivity contribution in [3.8, 4) is 0 Å². The van der Waals surface area contributed by atoms with Gasteiger partial charge in [-0.2, -0.15) is 13.2 Å². The third-order valence-corrected chi connectivity index (χ3v) is 3.22. The van der Waals surface area contributed by atoms with Crippen molar-refractivity contribution in [3.05, 3.63) is 35.4 Å². The molecule has 1 saturated heterocycles. The second-order valence-electron chi connectivity index (χ2n) is 4.53. The normalized spacial score (nSPS) is 25.1. The zero-order valence-electron chi connectivity index (χ0n) is 9.91. The summed E-state index contributed by atoms with van der Waals surface area (Å²) in [6.45, 7) is 0.455. The first-order chi connectivity index (χ1) is 8.50. The van der Waals surface area contributed by atoms with Gasteiger partial charge in [-0.1, -0.05) is 12.1 Å². The SMILES string of the molecule is NC[C@@H]1CCC[C@H](c2ccc(C(F)(F)F)cc2)O1. The molecule has 100 valence electrons. The number of hydrogen-bond acceptors (Lipinski definition) is 2. The molecule has 0 saturated carbocycles. The van der Waals surface area contributed by atoms with Crippen LogP contribution in [-0.4, -0.2) is 12.6 Å². The molecule has 1 aliphatic heterocycles. The fourth-order valence-electron chi connectivity index (χ4n) is 2.20. The summed E-state index contributed by atoms with van der Waals surface area (Å²) in [5, 5.41) is 0. The Morgan fingerprint density at radius 2 is 1.83 bits per heavy atom. The molecule has 2 nitrogen and oxygen atoms in total. The smallest absolute Gasteiger partial charge is 0.369 e. The Balaban J connectivity index is 2.09. The first-order valence-corrected chi connectivity index (χ1v) is 6.03. The van der Waals surface area contributed by atoms with Crippen LogP contribution in [0.3, 0.4) is 0 Å². The van der Waals surface area contributed by atoms with Gasteiger partial charge in [0.15, 0.2) is 0 Å². The van der Waals surface area contributed by atoms with Gasteiger partial charge >= 0.3 is 6.18 Å². The molecule has 1 fully saturated rings. The predicted molar refractivity (Wildman–Crippen MR) is 62.0 cm³/mol. The van der Waals surface area contributed by atoms with Gasteiger partial charge in [0.05, 0.1) is 17.8 Å². The van der Waals surface area contributed by atoms with Gasteiger partial charge in [-0.15, -0.1) is 0 Å². The Kier molecular flexibility index (Phi) is 3.92. The van der Waals surface area contributed by atoms with E-state index >= 15 is 0 Å². The Bertz CT molecular complexity index is 388. The number of alkyl halides is 3. The Hall–Kier alpha value is -1.07. The average molecular weight is 259 g/mol. The highest BCUT2D eigenvalue weighted by Gasteiger charge is 2.30. The maximum absolute atomic E-state index is 12.4. The van der Waals surface area contributed by atoms with Crippen LogP contribution in [-0.2, 0) is 10.9 Å². The van der Waals surface area contributed by atoms with E-state index in [0.717, 1.165) is 37.0 Å². The number of hydrogen-bond donors (Lipinski definition) is 1. The summed E-state index contributed by atoms with van der Waals surface area (Å²) >= 11 is 0. The largest absolute Gasteiger partial charge is 0.416 e. The zero-order valence-corrected chi connectivity index (χ0v) is 9.91. The van der Waals surface area contributed by atoms with Gasteiger partial charge in [0.25, 0.3) is 0 Å². The van der Waals surface area contributed by atoms with Crippen molar-refractivity contribution in [2.45, 2.75) is 37.6 Å². The van der Waals surface area contributed by atoms with E-state index < -0.39 is 11.7 Å². The van der Waals surface area contributed by atoms with Crippen molar-refractivity contribution in [3.63, 3.8) is 0 Å². The molecule has 0 spiro atoms. The van der Waals surface area contributed by atoms with Crippen molar-refractivity contribution in [2.24, 2.45) is 5.73 Å². The number of halogens is 3. The van der Waals surface area contributed by atoms with E-state index in [9.17, 15) is 13.2 Å². The molecule has 18 heavy (non-hydrogen) atoms. The summed E-state index contributed by atoms with van der Waals surface area (Å²) in [6, 6.07) is 5.19. The number of rotatable bonds is 2. The molecule has 1 aromatic carbocycles. The molecule has 1 aliphatic rings. The van der Waals surface area contributed by atoms with Gasteiger partial charge in [-0.25, -0.2) is 0 Å². The Morgan fingerprint density at radius 1 is 1.17 bits per heavy atom. The minimum Gasteiger partial charge on any atom is -0.369 e. The summed E-state index contributed by atoms with van der Waals surface area (Å²) in [4.78, 5) is 0. The number of benzene rings is 1. The minimum absolute atomic E-state index is 0.0195. The number of nitrogens with two attached hydrogens (primary N) is 1. The van der Waals surface area contributed by atoms with E-state index in [1.165, 1.54) is 12.1 Å². The molecule has 0 aromatic heterocycles. The van der Waals surface area contributed by atoms with Crippen LogP contribution in [0.4, 0.5) is 13.2 Å². The molecule has 1 heterocycles. The van der Waals surface area contributed by atoms with E-state index in [0.29, 0.717) is 6.54 Å². The summed E-state index contributed by atoms with van der Waals surface area (Å²) in [7, 11) is 0. The van der Waals surface area contributed by atoms with Gasteiger partial charge < -0.3 is 10.5 Å². The summed E-state index contributed by atoms with van der Waals surface area (Å²) < 4.78 is 43.0. The molecule has 0 bridgehead atoms. The molecule has 2 N–H and O–H groups in total. The van der Waals surface area contributed by atoms with Gasteiger partial charge in [-0.3, -0.25) is 0 Å². The van der Waals surface area contributed by atoms with Crippen LogP contribution >= 0.6 is 0 Å². The van der Waals surface area contributed by atoms with Crippen LogP contribution in [0.25, 0.3) is 0 Å². The Labute approximate surface area is 104 Å². The van der Waals surface area contributed by atoms with Gasteiger partial charge in [0.2, 0.25) is 0 Å². The predicted octanol–water partition coefficient (Wildman–Crippen LogP) is 3.27. The second kappa shape index (κ2) is 5.28. The topological polar surface area (TPSA) is 35.2 Å². The van der Waals surface area contributed by atoms with Crippen LogP contribution in [0, 0.1) is 0 Å². The van der Waals surface area contributed by atoms with Gasteiger partial charge in [0.1, 0.15) is 0 Å². The molecule has 0 unspecified atom stereocenters. The highest BCUT2D eigenvalue weighted by Crippen LogP contribution is 2.34. The van der Waals surface area contributed by atoms with E-state index in [2.05, 4.69) is 0 Å². The number of ether oxygens (including phenoxy) is 1. The third kappa shape index (κ3) is 3.03. The summed E-state index contributed by atoms with van der Waals surface area (Å²) in [6.07, 6.45) is -1.64. The molecule has 2 rings (SSSR count). The lowest BCUT2D eigenvalue weighted by Crippen LogP contribution is -2.29. The van der Waals surface area contributed by atoms with Crippen LogP contribution in [0.2, 0.25) is 0 Å². The zero-order chi connectivity index (χ0) is 13.2. The quantitative estimate of drug-likeness (QED) is 0.884. The van der Waals surface area contributed by atoms with E-state index in [-0.39, 0.29) is 12.2 Å². The summed E-state index contributed by atoms with van der Waals surface area (Å²) in [5.41, 5.74) is 5.72. The summed E-state index contributed by atoms with van der Waals surface area (Å²) in [5.74, 6) is 0. The fraction of sp³-hybridized carbons (Fsp3) is 0.538. The molecule has 0 aliphatic carbocycles. The standard InChI is InChI=1S/C13H16F3NO/c14-13(15,16)10-6-4-9(5-7-10)12-3-1-2-11(8-17)18-12/h4-7,11-12H,1-3,8,17H2/t11-,12+/m0/s1. The Morgan fingerprint density at radius 3 is 2.39 bits per heavy atom. The van der Waals surface area contributed by atoms with Crippen molar-refractivity contribution < 1.29 is 17.9 Å². The average Bonchev–Trinajstić information content (AvgIpc) is 2.38. The van der Waals surface area contributed by atoms with E-state index in [4.69, 9.17) is 10.5 Å². The second-order valence-corrected chi connectivity index (χ2v) is 4.53. The highest BCUT2D eigenvalue weighted by atomic mass is 19.4. The van der Waals surface area contributed by atoms with E-state index in [1.54, 1.807) is 0 Å². The van der Waals surface area contributed by atoms with Crippen molar-refractivity contribution in [2.75, 3.05) is 6.54 Å². The van der Waals surface area contributed by atoms with Gasteiger partial charge in [0, 0.05) is 6.54 Å². The lowest BCUT2D eigenvalue weighted by atomic mass is 9.97. The first-order valence-electron chi connectivity index (χ1n) is 6.03.